The van der Waals surface area contributed by atoms with Gasteiger partial charge in [0.25, 0.3) is 0 Å². The van der Waals surface area contributed by atoms with E-state index in [0.717, 1.165) is 48.4 Å². The van der Waals surface area contributed by atoms with Gasteiger partial charge in [-0.15, -0.1) is 0 Å². The molecule has 240 valence electrons. The molecule has 0 saturated carbocycles. The molecular formula is C33H33N9O3S2. The van der Waals surface area contributed by atoms with E-state index in [1.807, 2.05) is 80.7 Å². The number of likely N-dealkylation sites (N-methyl/N-ethyl adjacent to an activating group) is 1. The van der Waals surface area contributed by atoms with Crippen molar-refractivity contribution in [3.8, 4) is 22.3 Å². The van der Waals surface area contributed by atoms with Crippen LogP contribution in [0.25, 0.3) is 42.7 Å². The highest BCUT2D eigenvalue weighted by atomic mass is 32.1. The number of amides is 5. The summed E-state index contributed by atoms with van der Waals surface area (Å²) in [5, 5.41) is 14.6. The second-order valence-electron chi connectivity index (χ2n) is 10.0. The minimum Gasteiger partial charge on any atom is -0.359 e. The highest BCUT2D eigenvalue weighted by Crippen LogP contribution is 2.31. The van der Waals surface area contributed by atoms with Crippen LogP contribution in [0, 0.1) is 0 Å². The molecule has 0 bridgehead atoms. The summed E-state index contributed by atoms with van der Waals surface area (Å²) in [5.74, 6) is -0.0683. The second kappa shape index (κ2) is 15.7. The lowest BCUT2D eigenvalue weighted by Crippen LogP contribution is -2.28. The van der Waals surface area contributed by atoms with E-state index in [0.29, 0.717) is 23.4 Å². The van der Waals surface area contributed by atoms with Gasteiger partial charge in [-0.3, -0.25) is 25.4 Å². The fraction of sp³-hybridized carbons (Fsp3) is 0.182. The first-order valence-corrected chi connectivity index (χ1v) is 16.5. The highest BCUT2D eigenvalue weighted by Gasteiger charge is 2.10. The number of hydrogen-bond acceptors (Lipinski definition) is 9. The maximum atomic E-state index is 11.6. The SMILES string of the molecule is CCNC(=O)Nc1nc2cc(-c3ccc(CC(=O)NC)nc3)ccc2s1.CCNC(=O)Nc1nc2cc(-c3cccnc3)ccc2s1. The van der Waals surface area contributed by atoms with E-state index in [-0.39, 0.29) is 24.4 Å². The molecule has 0 spiro atoms. The number of aromatic nitrogens is 4. The monoisotopic (exact) mass is 667 g/mol. The van der Waals surface area contributed by atoms with Crippen molar-refractivity contribution in [2.24, 2.45) is 0 Å². The molecular weight excluding hydrogens is 635 g/mol. The van der Waals surface area contributed by atoms with Crippen molar-refractivity contribution in [1.29, 1.82) is 0 Å². The smallest absolute Gasteiger partial charge is 0.321 e. The molecule has 0 aliphatic rings. The van der Waals surface area contributed by atoms with E-state index in [1.54, 1.807) is 19.4 Å². The summed E-state index contributed by atoms with van der Waals surface area (Å²) in [7, 11) is 1.61. The second-order valence-corrected chi connectivity index (χ2v) is 12.1. The van der Waals surface area contributed by atoms with Gasteiger partial charge in [0, 0.05) is 55.5 Å². The maximum Gasteiger partial charge on any atom is 0.321 e. The summed E-state index contributed by atoms with van der Waals surface area (Å²) in [6.45, 7) is 4.88. The molecule has 0 unspecified atom stereocenters. The normalized spacial score (nSPS) is 10.5. The Hall–Kier alpha value is -5.47. The largest absolute Gasteiger partial charge is 0.359 e. The number of fused-ring (bicyclic) bond motifs is 2. The number of thiazole rings is 2. The van der Waals surface area contributed by atoms with Crippen molar-refractivity contribution < 1.29 is 14.4 Å². The highest BCUT2D eigenvalue weighted by molar-refractivity contribution is 7.22. The van der Waals surface area contributed by atoms with Crippen LogP contribution in [-0.2, 0) is 11.2 Å². The summed E-state index contributed by atoms with van der Waals surface area (Å²) in [4.78, 5) is 51.9. The first-order valence-electron chi connectivity index (χ1n) is 14.8. The van der Waals surface area contributed by atoms with Crippen molar-refractivity contribution in [2.45, 2.75) is 20.3 Å². The molecule has 47 heavy (non-hydrogen) atoms. The predicted molar refractivity (Wildman–Crippen MR) is 189 cm³/mol. The Bertz CT molecular complexity index is 1990. The summed E-state index contributed by atoms with van der Waals surface area (Å²) >= 11 is 2.88. The van der Waals surface area contributed by atoms with Crippen LogP contribution in [0.3, 0.4) is 0 Å². The van der Waals surface area contributed by atoms with Crippen LogP contribution >= 0.6 is 22.7 Å². The molecule has 5 amide bonds. The van der Waals surface area contributed by atoms with Crippen LogP contribution < -0.4 is 26.6 Å². The van der Waals surface area contributed by atoms with E-state index in [1.165, 1.54) is 22.7 Å². The van der Waals surface area contributed by atoms with Gasteiger partial charge in [0.15, 0.2) is 10.3 Å². The number of urea groups is 2. The number of nitrogens with one attached hydrogen (secondary N) is 5. The lowest BCUT2D eigenvalue weighted by atomic mass is 10.1. The van der Waals surface area contributed by atoms with Gasteiger partial charge in [0.05, 0.1) is 26.9 Å². The molecule has 6 aromatic rings. The van der Waals surface area contributed by atoms with Crippen LogP contribution in [-0.4, -0.2) is 58.0 Å². The lowest BCUT2D eigenvalue weighted by Gasteiger charge is -2.03. The standard InChI is InChI=1S/C18H19N5O2S.C15H14N4OS/c1-3-20-17(25)23-18-22-14-8-11(5-7-15(14)26-18)12-4-6-13(21-10-12)9-16(24)19-2;1-2-17-14(20)19-15-18-12-8-10(5-6-13(12)21-15)11-4-3-7-16-9-11/h4-8,10H,3,9H2,1-2H3,(H,19,24)(H2,20,22,23,25);3-9H,2H2,1H3,(H2,17,18,19,20). The summed E-state index contributed by atoms with van der Waals surface area (Å²) in [6.07, 6.45) is 5.58. The van der Waals surface area contributed by atoms with Crippen molar-refractivity contribution in [1.82, 2.24) is 35.9 Å². The Balaban J connectivity index is 0.000000189. The third-order valence-electron chi connectivity index (χ3n) is 6.66. The van der Waals surface area contributed by atoms with Crippen LogP contribution in [0.4, 0.5) is 19.9 Å². The van der Waals surface area contributed by atoms with Gasteiger partial charge in [-0.2, -0.15) is 0 Å². The zero-order chi connectivity index (χ0) is 33.2. The maximum absolute atomic E-state index is 11.6. The van der Waals surface area contributed by atoms with Gasteiger partial charge in [0.1, 0.15) is 0 Å². The fourth-order valence-corrected chi connectivity index (χ4v) is 6.09. The molecule has 6 rings (SSSR count). The predicted octanol–water partition coefficient (Wildman–Crippen LogP) is 6.29. The molecule has 0 fully saturated rings. The Morgan fingerprint density at radius 1 is 0.702 bits per heavy atom. The Labute approximate surface area is 279 Å². The number of rotatable bonds is 8. The molecule has 0 saturated heterocycles. The van der Waals surface area contributed by atoms with Crippen LogP contribution in [0.1, 0.15) is 19.5 Å². The quantitative estimate of drug-likeness (QED) is 0.127. The van der Waals surface area contributed by atoms with Crippen LogP contribution in [0.5, 0.6) is 0 Å². The number of benzene rings is 2. The number of carbonyl (C=O) groups excluding carboxylic acids is 3. The van der Waals surface area contributed by atoms with Crippen molar-refractivity contribution in [2.75, 3.05) is 30.8 Å². The van der Waals surface area contributed by atoms with Crippen molar-refractivity contribution in [3.05, 3.63) is 84.9 Å². The fourth-order valence-electron chi connectivity index (χ4n) is 4.41. The van der Waals surface area contributed by atoms with Gasteiger partial charge < -0.3 is 16.0 Å². The number of anilines is 2. The van der Waals surface area contributed by atoms with E-state index in [4.69, 9.17) is 0 Å². The molecule has 0 aliphatic heterocycles. The molecule has 0 aliphatic carbocycles. The van der Waals surface area contributed by atoms with Crippen LogP contribution in [0.2, 0.25) is 0 Å². The zero-order valence-electron chi connectivity index (χ0n) is 26.0. The number of nitrogens with zero attached hydrogens (tertiary/aromatic N) is 4. The van der Waals surface area contributed by atoms with Gasteiger partial charge in [-0.05, 0) is 61.4 Å². The van der Waals surface area contributed by atoms with E-state index < -0.39 is 0 Å². The van der Waals surface area contributed by atoms with E-state index in [2.05, 4.69) is 46.5 Å². The lowest BCUT2D eigenvalue weighted by molar-refractivity contribution is -0.120. The number of hydrogen-bond donors (Lipinski definition) is 5. The first kappa shape index (κ1) is 32.9. The van der Waals surface area contributed by atoms with Crippen molar-refractivity contribution >= 4 is 71.3 Å². The first-order chi connectivity index (χ1) is 22.8. The Morgan fingerprint density at radius 3 is 1.72 bits per heavy atom. The topological polar surface area (TPSA) is 163 Å². The zero-order valence-corrected chi connectivity index (χ0v) is 27.6. The van der Waals surface area contributed by atoms with Crippen molar-refractivity contribution in [3.63, 3.8) is 0 Å². The van der Waals surface area contributed by atoms with Crippen LogP contribution in [0.15, 0.2) is 79.3 Å². The van der Waals surface area contributed by atoms with Gasteiger partial charge in [-0.1, -0.05) is 46.9 Å². The minimum atomic E-state index is -0.261. The average molecular weight is 668 g/mol. The van der Waals surface area contributed by atoms with Gasteiger partial charge >= 0.3 is 12.1 Å². The van der Waals surface area contributed by atoms with E-state index >= 15 is 0 Å². The average Bonchev–Trinajstić information content (AvgIpc) is 3.67. The number of pyridine rings is 2. The molecule has 14 heteroatoms. The third kappa shape index (κ3) is 8.83. The molecule has 5 N–H and O–H groups in total. The Morgan fingerprint density at radius 2 is 1.26 bits per heavy atom. The molecule has 2 aromatic carbocycles. The number of carbonyl (C=O) groups is 3. The Kier molecular flexibility index (Phi) is 11.0. The molecule has 0 radical (unpaired) electrons. The molecule has 12 nitrogen and oxygen atoms in total. The summed E-state index contributed by atoms with van der Waals surface area (Å²) < 4.78 is 2.03. The molecule has 0 atom stereocenters. The minimum absolute atomic E-state index is 0.0683. The molecule has 4 heterocycles. The summed E-state index contributed by atoms with van der Waals surface area (Å²) in [5.41, 5.74) is 6.43. The third-order valence-corrected chi connectivity index (χ3v) is 8.57. The van der Waals surface area contributed by atoms with Gasteiger partial charge in [0.2, 0.25) is 5.91 Å². The molecule has 4 aromatic heterocycles. The van der Waals surface area contributed by atoms with Gasteiger partial charge in [-0.25, -0.2) is 19.6 Å². The summed E-state index contributed by atoms with van der Waals surface area (Å²) in [6, 6.07) is 19.2. The van der Waals surface area contributed by atoms with E-state index in [9.17, 15) is 14.4 Å².